The van der Waals surface area contributed by atoms with Crippen LogP contribution in [0.1, 0.15) is 32.3 Å². The standard InChI is InChI=1S/C17H26N2O3/c1-16(2,14-6-4-3-5-7-14)12-18-15(20)19-13-17(21)8-10-22-11-9-17/h3-7,21H,8-13H2,1-2H3,(H2,18,19,20). The SMILES string of the molecule is CC(C)(CNC(=O)NCC1(O)CCOCC1)c1ccccc1. The number of ether oxygens (including phenoxy) is 1. The van der Waals surface area contributed by atoms with Crippen LogP contribution in [0.5, 0.6) is 0 Å². The van der Waals surface area contributed by atoms with E-state index in [1.807, 2.05) is 18.2 Å². The quantitative estimate of drug-likeness (QED) is 0.777. The molecule has 1 aromatic rings. The molecule has 0 radical (unpaired) electrons. The van der Waals surface area contributed by atoms with Crippen molar-refractivity contribution in [1.29, 1.82) is 0 Å². The highest BCUT2D eigenvalue weighted by molar-refractivity contribution is 5.74. The van der Waals surface area contributed by atoms with Gasteiger partial charge in [0.05, 0.1) is 5.60 Å². The summed E-state index contributed by atoms with van der Waals surface area (Å²) in [5, 5.41) is 16.0. The van der Waals surface area contributed by atoms with Gasteiger partial charge < -0.3 is 20.5 Å². The van der Waals surface area contributed by atoms with Crippen LogP contribution in [0.15, 0.2) is 30.3 Å². The van der Waals surface area contributed by atoms with E-state index < -0.39 is 5.60 Å². The number of rotatable bonds is 5. The number of hydrogen-bond acceptors (Lipinski definition) is 3. The van der Waals surface area contributed by atoms with Gasteiger partial charge in [-0.15, -0.1) is 0 Å². The van der Waals surface area contributed by atoms with Crippen molar-refractivity contribution in [3.63, 3.8) is 0 Å². The first-order valence-corrected chi connectivity index (χ1v) is 7.79. The monoisotopic (exact) mass is 306 g/mol. The van der Waals surface area contributed by atoms with Crippen LogP contribution in [0.3, 0.4) is 0 Å². The molecule has 0 aliphatic carbocycles. The van der Waals surface area contributed by atoms with Crippen LogP contribution in [0.2, 0.25) is 0 Å². The van der Waals surface area contributed by atoms with E-state index in [1.54, 1.807) is 0 Å². The van der Waals surface area contributed by atoms with Crippen LogP contribution < -0.4 is 10.6 Å². The van der Waals surface area contributed by atoms with Crippen molar-refractivity contribution >= 4 is 6.03 Å². The molecule has 0 aromatic heterocycles. The number of hydrogen-bond donors (Lipinski definition) is 3. The fraction of sp³-hybridized carbons (Fsp3) is 0.588. The summed E-state index contributed by atoms with van der Waals surface area (Å²) >= 11 is 0. The zero-order chi connectivity index (χ0) is 16.1. The molecule has 1 fully saturated rings. The van der Waals surface area contributed by atoms with Crippen molar-refractivity contribution in [3.05, 3.63) is 35.9 Å². The summed E-state index contributed by atoms with van der Waals surface area (Å²) in [4.78, 5) is 11.9. The van der Waals surface area contributed by atoms with Gasteiger partial charge in [0, 0.05) is 44.6 Å². The fourth-order valence-corrected chi connectivity index (χ4v) is 2.53. The first-order chi connectivity index (χ1) is 10.4. The third kappa shape index (κ3) is 4.71. The molecule has 0 saturated carbocycles. The molecule has 1 aliphatic rings. The van der Waals surface area contributed by atoms with E-state index in [0.717, 1.165) is 0 Å². The number of nitrogens with one attached hydrogen (secondary N) is 2. The average molecular weight is 306 g/mol. The number of carbonyl (C=O) groups is 1. The molecule has 122 valence electrons. The molecule has 2 rings (SSSR count). The van der Waals surface area contributed by atoms with Crippen LogP contribution in [0.25, 0.3) is 0 Å². The van der Waals surface area contributed by atoms with Gasteiger partial charge in [0.25, 0.3) is 0 Å². The lowest BCUT2D eigenvalue weighted by molar-refractivity contribution is -0.0600. The Morgan fingerprint density at radius 1 is 1.23 bits per heavy atom. The fourth-order valence-electron chi connectivity index (χ4n) is 2.53. The third-order valence-corrected chi connectivity index (χ3v) is 4.25. The second-order valence-electron chi connectivity index (χ2n) is 6.62. The van der Waals surface area contributed by atoms with E-state index in [2.05, 4.69) is 36.6 Å². The molecule has 5 nitrogen and oxygen atoms in total. The van der Waals surface area contributed by atoms with Gasteiger partial charge in [0.1, 0.15) is 0 Å². The maximum atomic E-state index is 11.9. The van der Waals surface area contributed by atoms with Crippen molar-refractivity contribution in [3.8, 4) is 0 Å². The summed E-state index contributed by atoms with van der Waals surface area (Å²) in [7, 11) is 0. The molecular weight excluding hydrogens is 280 g/mol. The predicted octanol–water partition coefficient (Wildman–Crippen LogP) is 1.80. The summed E-state index contributed by atoms with van der Waals surface area (Å²) < 4.78 is 5.22. The zero-order valence-corrected chi connectivity index (χ0v) is 13.4. The summed E-state index contributed by atoms with van der Waals surface area (Å²) in [6.07, 6.45) is 1.12. The maximum Gasteiger partial charge on any atom is 0.314 e. The second kappa shape index (κ2) is 7.11. The highest BCUT2D eigenvalue weighted by Crippen LogP contribution is 2.22. The molecule has 1 heterocycles. The summed E-state index contributed by atoms with van der Waals surface area (Å²) in [6.45, 7) is 6.06. The highest BCUT2D eigenvalue weighted by atomic mass is 16.5. The molecule has 1 saturated heterocycles. The zero-order valence-electron chi connectivity index (χ0n) is 13.4. The Balaban J connectivity index is 1.77. The molecule has 0 atom stereocenters. The maximum absolute atomic E-state index is 11.9. The Bertz CT molecular complexity index is 482. The normalized spacial score (nSPS) is 17.8. The minimum atomic E-state index is -0.843. The van der Waals surface area contributed by atoms with Gasteiger partial charge in [-0.3, -0.25) is 0 Å². The van der Waals surface area contributed by atoms with E-state index in [9.17, 15) is 9.90 Å². The average Bonchev–Trinajstić information content (AvgIpc) is 2.53. The van der Waals surface area contributed by atoms with Gasteiger partial charge in [0.15, 0.2) is 0 Å². The summed E-state index contributed by atoms with van der Waals surface area (Å²) in [5.41, 5.74) is 0.192. The van der Waals surface area contributed by atoms with Crippen LogP contribution in [-0.2, 0) is 10.2 Å². The van der Waals surface area contributed by atoms with Gasteiger partial charge >= 0.3 is 6.03 Å². The van der Waals surface area contributed by atoms with Crippen molar-refractivity contribution in [1.82, 2.24) is 10.6 Å². The molecule has 3 N–H and O–H groups in total. The molecule has 5 heteroatoms. The van der Waals surface area contributed by atoms with E-state index in [4.69, 9.17) is 4.74 Å². The molecule has 0 unspecified atom stereocenters. The van der Waals surface area contributed by atoms with Crippen molar-refractivity contribution in [2.45, 2.75) is 37.7 Å². The Morgan fingerprint density at radius 2 is 1.86 bits per heavy atom. The number of urea groups is 1. The van der Waals surface area contributed by atoms with Gasteiger partial charge in [-0.05, 0) is 5.56 Å². The molecule has 0 spiro atoms. The second-order valence-corrected chi connectivity index (χ2v) is 6.62. The molecule has 1 aromatic carbocycles. The Hall–Kier alpha value is -1.59. The first kappa shape index (κ1) is 16.8. The Morgan fingerprint density at radius 3 is 2.50 bits per heavy atom. The number of aliphatic hydroxyl groups is 1. The van der Waals surface area contributed by atoms with Gasteiger partial charge in [-0.25, -0.2) is 4.79 Å². The van der Waals surface area contributed by atoms with Crippen LogP contribution >= 0.6 is 0 Å². The minimum Gasteiger partial charge on any atom is -0.388 e. The lowest BCUT2D eigenvalue weighted by Crippen LogP contribution is -2.50. The van der Waals surface area contributed by atoms with Gasteiger partial charge in [-0.1, -0.05) is 44.2 Å². The molecule has 0 bridgehead atoms. The lowest BCUT2D eigenvalue weighted by atomic mass is 9.85. The molecule has 22 heavy (non-hydrogen) atoms. The third-order valence-electron chi connectivity index (χ3n) is 4.25. The summed E-state index contributed by atoms with van der Waals surface area (Å²) in [5.74, 6) is 0. The Labute approximate surface area is 132 Å². The molecular formula is C17H26N2O3. The smallest absolute Gasteiger partial charge is 0.314 e. The first-order valence-electron chi connectivity index (χ1n) is 7.79. The number of carbonyl (C=O) groups excluding carboxylic acids is 1. The van der Waals surface area contributed by atoms with E-state index in [0.29, 0.717) is 32.6 Å². The molecule has 2 amide bonds. The van der Waals surface area contributed by atoms with Crippen molar-refractivity contribution in [2.75, 3.05) is 26.3 Å². The van der Waals surface area contributed by atoms with Crippen molar-refractivity contribution in [2.24, 2.45) is 0 Å². The topological polar surface area (TPSA) is 70.6 Å². The van der Waals surface area contributed by atoms with E-state index in [1.165, 1.54) is 5.56 Å². The predicted molar refractivity (Wildman–Crippen MR) is 85.9 cm³/mol. The number of benzene rings is 1. The van der Waals surface area contributed by atoms with Crippen LogP contribution in [0, 0.1) is 0 Å². The van der Waals surface area contributed by atoms with Gasteiger partial charge in [-0.2, -0.15) is 0 Å². The lowest BCUT2D eigenvalue weighted by Gasteiger charge is -2.32. The Kier molecular flexibility index (Phi) is 5.42. The highest BCUT2D eigenvalue weighted by Gasteiger charge is 2.30. The summed E-state index contributed by atoms with van der Waals surface area (Å²) in [6, 6.07) is 9.85. The number of amides is 2. The van der Waals surface area contributed by atoms with Crippen LogP contribution in [0.4, 0.5) is 4.79 Å². The van der Waals surface area contributed by atoms with Crippen molar-refractivity contribution < 1.29 is 14.6 Å². The van der Waals surface area contributed by atoms with Crippen LogP contribution in [-0.4, -0.2) is 43.0 Å². The molecule has 1 aliphatic heterocycles. The van der Waals surface area contributed by atoms with E-state index >= 15 is 0 Å². The van der Waals surface area contributed by atoms with Gasteiger partial charge in [0.2, 0.25) is 0 Å². The van der Waals surface area contributed by atoms with E-state index in [-0.39, 0.29) is 18.0 Å². The minimum absolute atomic E-state index is 0.145. The largest absolute Gasteiger partial charge is 0.388 e.